The summed E-state index contributed by atoms with van der Waals surface area (Å²) in [5, 5.41) is 14.5. The van der Waals surface area contributed by atoms with Gasteiger partial charge in [-0.05, 0) is 12.8 Å². The van der Waals surface area contributed by atoms with Crippen molar-refractivity contribution < 1.29 is 24.3 Å². The molecule has 0 bridgehead atoms. The molecule has 0 spiro atoms. The van der Waals surface area contributed by atoms with E-state index in [1.54, 1.807) is 6.20 Å². The maximum Gasteiger partial charge on any atom is 0.326 e. The molecule has 0 aliphatic carbocycles. The van der Waals surface area contributed by atoms with E-state index in [9.17, 15) is 24.3 Å². The summed E-state index contributed by atoms with van der Waals surface area (Å²) >= 11 is 4.13. The van der Waals surface area contributed by atoms with Gasteiger partial charge in [0.2, 0.25) is 17.7 Å². The average Bonchev–Trinajstić information content (AvgIpc) is 3.58. The number of nitrogens with zero attached hydrogens (tertiary/aromatic N) is 3. The van der Waals surface area contributed by atoms with Crippen molar-refractivity contribution in [1.29, 1.82) is 0 Å². The molecule has 4 atom stereocenters. The van der Waals surface area contributed by atoms with Crippen LogP contribution in [0.4, 0.5) is 0 Å². The van der Waals surface area contributed by atoms with Gasteiger partial charge in [-0.15, -0.1) is 0 Å². The van der Waals surface area contributed by atoms with Gasteiger partial charge in [-0.2, -0.15) is 12.6 Å². The fourth-order valence-electron chi connectivity index (χ4n) is 3.79. The molecule has 1 aliphatic heterocycles. The molecule has 14 heteroatoms. The van der Waals surface area contributed by atoms with Crippen molar-refractivity contribution in [3.63, 3.8) is 0 Å². The van der Waals surface area contributed by atoms with E-state index in [0.29, 0.717) is 30.8 Å². The normalized spacial score (nSPS) is 18.2. The Morgan fingerprint density at radius 3 is 2.32 bits per heavy atom. The van der Waals surface area contributed by atoms with E-state index in [1.165, 1.54) is 23.8 Å². The lowest BCUT2D eigenvalue weighted by atomic mass is 10.1. The Morgan fingerprint density at radius 2 is 1.76 bits per heavy atom. The van der Waals surface area contributed by atoms with E-state index < -0.39 is 42.0 Å². The van der Waals surface area contributed by atoms with Gasteiger partial charge in [0.05, 0.1) is 18.7 Å². The van der Waals surface area contributed by atoms with Crippen LogP contribution in [0.5, 0.6) is 0 Å². The summed E-state index contributed by atoms with van der Waals surface area (Å²) < 4.78 is 0. The predicted octanol–water partition coefficient (Wildman–Crippen LogP) is -1.78. The zero-order chi connectivity index (χ0) is 24.7. The summed E-state index contributed by atoms with van der Waals surface area (Å²) in [4.78, 5) is 64.9. The highest BCUT2D eigenvalue weighted by Gasteiger charge is 2.37. The fraction of sp³-hybridized carbons (Fsp3) is 0.500. The van der Waals surface area contributed by atoms with E-state index in [2.05, 4.69) is 43.2 Å². The number of hydrogen-bond acceptors (Lipinski definition) is 8. The molecule has 1 fully saturated rings. The number of aliphatic carboxylic acids is 1. The number of aromatic nitrogens is 4. The Hall–Kier alpha value is -3.39. The van der Waals surface area contributed by atoms with E-state index in [-0.39, 0.29) is 24.5 Å². The van der Waals surface area contributed by atoms with Gasteiger partial charge in [0.1, 0.15) is 18.1 Å². The van der Waals surface area contributed by atoms with Gasteiger partial charge in [0.25, 0.3) is 0 Å². The van der Waals surface area contributed by atoms with Crippen LogP contribution in [0.15, 0.2) is 25.0 Å². The minimum Gasteiger partial charge on any atom is -0.480 e. The van der Waals surface area contributed by atoms with E-state index >= 15 is 0 Å². The topological polar surface area (TPSA) is 199 Å². The van der Waals surface area contributed by atoms with Gasteiger partial charge in [0, 0.05) is 48.9 Å². The third-order valence-corrected chi connectivity index (χ3v) is 5.92. The lowest BCUT2D eigenvalue weighted by molar-refractivity contribution is -0.142. The van der Waals surface area contributed by atoms with Gasteiger partial charge < -0.3 is 36.3 Å². The van der Waals surface area contributed by atoms with Crippen LogP contribution in [-0.2, 0) is 32.0 Å². The molecule has 0 radical (unpaired) electrons. The molecule has 184 valence electrons. The standard InChI is InChI=1S/C20H28N8O5S/c21-13(4-11-6-22-9-24-11)19(31)28-3-1-2-16(28)18(30)27-15(8-34)17(29)26-14(20(32)33)5-12-7-23-10-25-12/h6-7,9-10,13-16,34H,1-5,8,21H2,(H,22,24)(H,23,25)(H,26,29)(H,27,30)(H,32,33). The Morgan fingerprint density at radius 1 is 1.12 bits per heavy atom. The van der Waals surface area contributed by atoms with Gasteiger partial charge in [0.15, 0.2) is 0 Å². The van der Waals surface area contributed by atoms with Gasteiger partial charge in [-0.25, -0.2) is 14.8 Å². The van der Waals surface area contributed by atoms with Gasteiger partial charge in [-0.1, -0.05) is 0 Å². The van der Waals surface area contributed by atoms with Crippen molar-refractivity contribution in [2.75, 3.05) is 12.3 Å². The number of likely N-dealkylation sites (tertiary alicyclic amines) is 1. The summed E-state index contributed by atoms with van der Waals surface area (Å²) in [5.41, 5.74) is 7.29. The predicted molar refractivity (Wildman–Crippen MR) is 123 cm³/mol. The number of thiol groups is 1. The molecule has 13 nitrogen and oxygen atoms in total. The number of nitrogens with one attached hydrogen (secondary N) is 4. The van der Waals surface area contributed by atoms with E-state index in [0.717, 1.165) is 0 Å². The SMILES string of the molecule is NC(Cc1cnc[nH]1)C(=O)N1CCCC1C(=O)NC(CS)C(=O)NC(Cc1cnc[nH]1)C(=O)O. The number of carboxylic acids is 1. The Kier molecular flexibility index (Phi) is 8.65. The first-order valence-electron chi connectivity index (χ1n) is 10.7. The monoisotopic (exact) mass is 492 g/mol. The van der Waals surface area contributed by atoms with Gasteiger partial charge in [-0.3, -0.25) is 14.4 Å². The molecule has 7 N–H and O–H groups in total. The number of carbonyl (C=O) groups excluding carboxylic acids is 3. The van der Waals surface area contributed by atoms with Gasteiger partial charge >= 0.3 is 5.97 Å². The lowest BCUT2D eigenvalue weighted by Gasteiger charge is -2.28. The third-order valence-electron chi connectivity index (χ3n) is 5.56. The van der Waals surface area contributed by atoms with Crippen LogP contribution in [0.2, 0.25) is 0 Å². The van der Waals surface area contributed by atoms with Crippen molar-refractivity contribution in [2.24, 2.45) is 5.73 Å². The first kappa shape index (κ1) is 25.2. The van der Waals surface area contributed by atoms with E-state index in [1.807, 2.05) is 0 Å². The molecular weight excluding hydrogens is 464 g/mol. The number of H-pyrrole nitrogens is 2. The maximum atomic E-state index is 12.9. The Bertz CT molecular complexity index is 983. The van der Waals surface area contributed by atoms with Crippen LogP contribution in [-0.4, -0.2) is 90.1 Å². The number of carbonyl (C=O) groups is 4. The third kappa shape index (κ3) is 6.35. The summed E-state index contributed by atoms with van der Waals surface area (Å²) in [6.07, 6.45) is 7.21. The van der Waals surface area contributed by atoms with Crippen LogP contribution >= 0.6 is 12.6 Å². The highest BCUT2D eigenvalue weighted by molar-refractivity contribution is 7.80. The van der Waals surface area contributed by atoms with Crippen LogP contribution < -0.4 is 16.4 Å². The minimum absolute atomic E-state index is 0.00651. The van der Waals surface area contributed by atoms with Crippen LogP contribution in [0.1, 0.15) is 24.2 Å². The summed E-state index contributed by atoms with van der Waals surface area (Å²) in [6.45, 7) is 0.372. The largest absolute Gasteiger partial charge is 0.480 e. The second-order valence-electron chi connectivity index (χ2n) is 8.00. The molecule has 1 saturated heterocycles. The van der Waals surface area contributed by atoms with Crippen molar-refractivity contribution in [2.45, 2.75) is 49.9 Å². The zero-order valence-electron chi connectivity index (χ0n) is 18.3. The second-order valence-corrected chi connectivity index (χ2v) is 8.37. The summed E-state index contributed by atoms with van der Waals surface area (Å²) in [7, 11) is 0. The zero-order valence-corrected chi connectivity index (χ0v) is 19.2. The second kappa shape index (κ2) is 11.7. The minimum atomic E-state index is -1.23. The molecular formula is C20H28N8O5S. The maximum absolute atomic E-state index is 12.9. The average molecular weight is 493 g/mol. The lowest BCUT2D eigenvalue weighted by Crippen LogP contribution is -2.57. The fourth-order valence-corrected chi connectivity index (χ4v) is 4.04. The molecule has 2 aromatic heterocycles. The first-order valence-corrected chi connectivity index (χ1v) is 11.4. The van der Waals surface area contributed by atoms with E-state index in [4.69, 9.17) is 5.73 Å². The van der Waals surface area contributed by atoms with Crippen LogP contribution in [0.3, 0.4) is 0 Å². The van der Waals surface area contributed by atoms with Crippen molar-refractivity contribution >= 4 is 36.3 Å². The number of amides is 3. The molecule has 34 heavy (non-hydrogen) atoms. The number of imidazole rings is 2. The van der Waals surface area contributed by atoms with Crippen LogP contribution in [0.25, 0.3) is 0 Å². The van der Waals surface area contributed by atoms with Crippen molar-refractivity contribution in [1.82, 2.24) is 35.5 Å². The highest BCUT2D eigenvalue weighted by atomic mass is 32.1. The smallest absolute Gasteiger partial charge is 0.326 e. The molecule has 1 aliphatic rings. The number of carboxylic acid groups (broad SMARTS) is 1. The summed E-state index contributed by atoms with van der Waals surface area (Å²) in [6, 6.07) is -3.94. The molecule has 0 aromatic carbocycles. The quantitative estimate of drug-likeness (QED) is 0.178. The number of nitrogens with two attached hydrogens (primary N) is 1. The summed E-state index contributed by atoms with van der Waals surface area (Å²) in [5.74, 6) is -2.87. The molecule has 3 heterocycles. The van der Waals surface area contributed by atoms with Crippen molar-refractivity contribution in [3.05, 3.63) is 36.4 Å². The molecule has 2 aromatic rings. The number of rotatable bonds is 11. The molecule has 0 saturated carbocycles. The molecule has 3 amide bonds. The van der Waals surface area contributed by atoms with Crippen molar-refractivity contribution in [3.8, 4) is 0 Å². The Labute approximate surface area is 200 Å². The molecule has 4 unspecified atom stereocenters. The highest BCUT2D eigenvalue weighted by Crippen LogP contribution is 2.19. The molecule has 3 rings (SSSR count). The number of aromatic amines is 2. The first-order chi connectivity index (χ1) is 16.3. The van der Waals surface area contributed by atoms with Crippen LogP contribution in [0, 0.1) is 0 Å². The Balaban J connectivity index is 1.59. The number of hydrogen-bond donors (Lipinski definition) is 7.